The highest BCUT2D eigenvalue weighted by molar-refractivity contribution is 14.1. The van der Waals surface area contributed by atoms with Gasteiger partial charge in [0, 0.05) is 5.02 Å². The van der Waals surface area contributed by atoms with Gasteiger partial charge in [0.25, 0.3) is 11.8 Å². The minimum absolute atomic E-state index is 0.163. The first-order valence-electron chi connectivity index (χ1n) is 11.9. The van der Waals surface area contributed by atoms with E-state index in [1.165, 1.54) is 0 Å². The minimum atomic E-state index is -0.249. The van der Waals surface area contributed by atoms with Gasteiger partial charge in [0.2, 0.25) is 0 Å². The molecule has 0 unspecified atom stereocenters. The van der Waals surface area contributed by atoms with Gasteiger partial charge < -0.3 is 9.47 Å². The van der Waals surface area contributed by atoms with Crippen LogP contribution in [0.25, 0.3) is 0 Å². The predicted molar refractivity (Wildman–Crippen MR) is 140 cm³/mol. The van der Waals surface area contributed by atoms with E-state index in [1.54, 1.807) is 6.21 Å². The van der Waals surface area contributed by atoms with Crippen LogP contribution in [0.5, 0.6) is 11.5 Å². The number of hydrazone groups is 1. The summed E-state index contributed by atoms with van der Waals surface area (Å²) in [5.74, 6) is 1.92. The number of allylic oxidation sites excluding steroid dienone is 2. The van der Waals surface area contributed by atoms with Gasteiger partial charge in [0.05, 0.1) is 28.2 Å². The summed E-state index contributed by atoms with van der Waals surface area (Å²) in [6.45, 7) is 2.75. The average Bonchev–Trinajstić information content (AvgIpc) is 3.63. The first kappa shape index (κ1) is 23.0. The number of halogens is 2. The Morgan fingerprint density at radius 2 is 1.71 bits per heavy atom. The molecule has 1 heterocycles. The largest absolute Gasteiger partial charge is 0.490 e. The van der Waals surface area contributed by atoms with Crippen molar-refractivity contribution in [3.05, 3.63) is 68.3 Å². The number of amides is 2. The first-order valence-corrected chi connectivity index (χ1v) is 13.4. The topological polar surface area (TPSA) is 68.2 Å². The molecule has 1 aliphatic heterocycles. The SMILES string of the molecule is CCOc1cc(C=NN2C(=O)[C@@H]3[C@H]4C=C[C@@H]([C@@H]5C[C@H]45)[C@H]3C2=O)cc(I)c1OCc1ccc(Cl)cc1. The van der Waals surface area contributed by atoms with Crippen molar-refractivity contribution in [2.75, 3.05) is 6.61 Å². The lowest BCUT2D eigenvalue weighted by molar-refractivity contribution is -0.140. The highest BCUT2D eigenvalue weighted by Crippen LogP contribution is 2.65. The van der Waals surface area contributed by atoms with E-state index in [0.717, 1.165) is 26.1 Å². The third-order valence-corrected chi connectivity index (χ3v) is 8.64. The monoisotopic (exact) mass is 602 g/mol. The van der Waals surface area contributed by atoms with E-state index in [0.29, 0.717) is 41.6 Å². The standard InChI is InChI=1S/C27H24ClIN2O4/c1-2-34-22-10-15(9-21(29)25(22)35-13-14-3-5-16(28)6-4-14)12-30-31-26(32)23-17-7-8-18(20-11-19(17)20)24(23)27(31)33/h3-10,12,17-20,23-24H,2,11,13H2,1H3/t17-,18-,19-,20+,23+,24+/m0/s1. The number of carbonyl (C=O) groups excluding carboxylic acids is 2. The molecular weight excluding hydrogens is 579 g/mol. The molecule has 5 aliphatic rings. The highest BCUT2D eigenvalue weighted by Gasteiger charge is 2.67. The van der Waals surface area contributed by atoms with Crippen LogP contribution in [-0.4, -0.2) is 29.6 Å². The van der Waals surface area contributed by atoms with Gasteiger partial charge >= 0.3 is 0 Å². The zero-order chi connectivity index (χ0) is 24.3. The molecule has 2 bridgehead atoms. The van der Waals surface area contributed by atoms with E-state index in [2.05, 4.69) is 39.8 Å². The lowest BCUT2D eigenvalue weighted by Gasteiger charge is -2.37. The summed E-state index contributed by atoms with van der Waals surface area (Å²) < 4.78 is 12.8. The Hall–Kier alpha value is -2.39. The number of hydrogen-bond donors (Lipinski definition) is 0. The zero-order valence-corrected chi connectivity index (χ0v) is 22.0. The van der Waals surface area contributed by atoms with Crippen molar-refractivity contribution in [1.82, 2.24) is 5.01 Å². The number of ether oxygens (including phenoxy) is 2. The maximum atomic E-state index is 13.2. The van der Waals surface area contributed by atoms with Gasteiger partial charge in [0.15, 0.2) is 11.5 Å². The molecule has 1 saturated heterocycles. The molecule has 180 valence electrons. The molecule has 3 fully saturated rings. The molecule has 2 aromatic carbocycles. The number of nitrogens with zero attached hydrogens (tertiary/aromatic N) is 2. The van der Waals surface area contributed by atoms with Gasteiger partial charge in [0.1, 0.15) is 6.61 Å². The molecule has 0 radical (unpaired) electrons. The molecule has 2 aromatic rings. The number of benzene rings is 2. The molecule has 0 N–H and O–H groups in total. The molecule has 8 heteroatoms. The Balaban J connectivity index is 1.21. The minimum Gasteiger partial charge on any atom is -0.490 e. The molecule has 6 nitrogen and oxygen atoms in total. The Kier molecular flexibility index (Phi) is 5.87. The molecule has 7 rings (SSSR count). The van der Waals surface area contributed by atoms with Crippen LogP contribution in [0.15, 0.2) is 53.7 Å². The van der Waals surface area contributed by atoms with Crippen LogP contribution >= 0.6 is 34.2 Å². The van der Waals surface area contributed by atoms with Crippen molar-refractivity contribution in [3.63, 3.8) is 0 Å². The lowest BCUT2D eigenvalue weighted by Crippen LogP contribution is -2.40. The molecule has 2 amide bonds. The third-order valence-electron chi connectivity index (χ3n) is 7.59. The van der Waals surface area contributed by atoms with Crippen molar-refractivity contribution in [3.8, 4) is 11.5 Å². The normalized spacial score (nSPS) is 30.1. The van der Waals surface area contributed by atoms with Crippen molar-refractivity contribution >= 4 is 52.2 Å². The van der Waals surface area contributed by atoms with Crippen LogP contribution in [0.4, 0.5) is 0 Å². The lowest BCUT2D eigenvalue weighted by atomic mass is 9.63. The number of rotatable bonds is 7. The van der Waals surface area contributed by atoms with Crippen LogP contribution in [0.2, 0.25) is 5.02 Å². The summed E-state index contributed by atoms with van der Waals surface area (Å²) in [5, 5.41) is 6.14. The van der Waals surface area contributed by atoms with Gasteiger partial charge in [-0.05, 0) is 95.0 Å². The molecular formula is C27H24ClIN2O4. The smallest absolute Gasteiger partial charge is 0.254 e. The van der Waals surface area contributed by atoms with E-state index in [9.17, 15) is 9.59 Å². The van der Waals surface area contributed by atoms with Crippen molar-refractivity contribution in [1.29, 1.82) is 0 Å². The molecule has 0 aromatic heterocycles. The summed E-state index contributed by atoms with van der Waals surface area (Å²) in [6, 6.07) is 11.2. The molecule has 2 saturated carbocycles. The molecule has 35 heavy (non-hydrogen) atoms. The zero-order valence-electron chi connectivity index (χ0n) is 19.1. The maximum absolute atomic E-state index is 13.2. The molecule has 6 atom stereocenters. The second-order valence-corrected chi connectivity index (χ2v) is 11.2. The Bertz CT molecular complexity index is 1220. The second kappa shape index (κ2) is 8.92. The number of imide groups is 1. The summed E-state index contributed by atoms with van der Waals surface area (Å²) in [5.41, 5.74) is 1.73. The number of carbonyl (C=O) groups is 2. The predicted octanol–water partition coefficient (Wildman–Crippen LogP) is 5.31. The molecule has 4 aliphatic carbocycles. The van der Waals surface area contributed by atoms with Gasteiger partial charge in [-0.25, -0.2) is 0 Å². The Morgan fingerprint density at radius 1 is 1.06 bits per heavy atom. The van der Waals surface area contributed by atoms with Crippen LogP contribution < -0.4 is 9.47 Å². The fraction of sp³-hybridized carbons (Fsp3) is 0.370. The van der Waals surface area contributed by atoms with E-state index < -0.39 is 0 Å². The van der Waals surface area contributed by atoms with Crippen LogP contribution in [0.1, 0.15) is 24.5 Å². The van der Waals surface area contributed by atoms with Gasteiger partial charge in [-0.3, -0.25) is 9.59 Å². The van der Waals surface area contributed by atoms with Crippen molar-refractivity contribution in [2.24, 2.45) is 40.6 Å². The van der Waals surface area contributed by atoms with Crippen molar-refractivity contribution in [2.45, 2.75) is 20.0 Å². The fourth-order valence-electron chi connectivity index (χ4n) is 5.98. The summed E-state index contributed by atoms with van der Waals surface area (Å²) in [4.78, 5) is 26.3. The van der Waals surface area contributed by atoms with Gasteiger partial charge in [-0.2, -0.15) is 10.1 Å². The van der Waals surface area contributed by atoms with E-state index in [-0.39, 0.29) is 35.5 Å². The highest BCUT2D eigenvalue weighted by atomic mass is 127. The van der Waals surface area contributed by atoms with Crippen LogP contribution in [0, 0.1) is 39.1 Å². The fourth-order valence-corrected chi connectivity index (χ4v) is 6.89. The summed E-state index contributed by atoms with van der Waals surface area (Å²) >= 11 is 8.17. The Morgan fingerprint density at radius 3 is 2.34 bits per heavy atom. The van der Waals surface area contributed by atoms with E-state index >= 15 is 0 Å². The first-order chi connectivity index (χ1) is 17.0. The number of hydrogen-bond acceptors (Lipinski definition) is 5. The van der Waals surface area contributed by atoms with E-state index in [1.807, 2.05) is 43.3 Å². The average molecular weight is 603 g/mol. The van der Waals surface area contributed by atoms with Crippen molar-refractivity contribution < 1.29 is 19.1 Å². The van der Waals surface area contributed by atoms with Crippen LogP contribution in [0.3, 0.4) is 0 Å². The third kappa shape index (κ3) is 3.96. The Labute approximate surface area is 222 Å². The van der Waals surface area contributed by atoms with Gasteiger partial charge in [-0.15, -0.1) is 0 Å². The quantitative estimate of drug-likeness (QED) is 0.187. The maximum Gasteiger partial charge on any atom is 0.254 e. The second-order valence-electron chi connectivity index (χ2n) is 9.57. The van der Waals surface area contributed by atoms with Gasteiger partial charge in [-0.1, -0.05) is 35.9 Å². The van der Waals surface area contributed by atoms with E-state index in [4.69, 9.17) is 21.1 Å². The van der Waals surface area contributed by atoms with Crippen LogP contribution in [-0.2, 0) is 16.2 Å². The molecule has 0 spiro atoms. The summed E-state index contributed by atoms with van der Waals surface area (Å²) in [7, 11) is 0. The summed E-state index contributed by atoms with van der Waals surface area (Å²) in [6.07, 6.45) is 7.04.